The fourth-order valence-electron chi connectivity index (χ4n) is 3.81. The molecule has 5 rings (SSSR count). The van der Waals surface area contributed by atoms with Crippen molar-refractivity contribution in [2.75, 3.05) is 13.1 Å². The Labute approximate surface area is 162 Å². The highest BCUT2D eigenvalue weighted by atomic mass is 32.1. The number of hydrogen-bond donors (Lipinski definition) is 0. The molecule has 0 aliphatic carbocycles. The molecule has 4 aromatic rings. The first-order chi connectivity index (χ1) is 13.3. The first-order valence-corrected chi connectivity index (χ1v) is 10.2. The molecule has 1 aliphatic heterocycles. The Morgan fingerprint density at radius 1 is 1.11 bits per heavy atom. The number of hydrogen-bond acceptors (Lipinski definition) is 5. The van der Waals surface area contributed by atoms with Crippen LogP contribution in [0.4, 0.5) is 0 Å². The minimum Gasteiger partial charge on any atom is -0.298 e. The lowest BCUT2D eigenvalue weighted by Gasteiger charge is -2.30. The summed E-state index contributed by atoms with van der Waals surface area (Å²) < 4.78 is 1.91. The van der Waals surface area contributed by atoms with Gasteiger partial charge in [0, 0.05) is 53.6 Å². The molecule has 0 bridgehead atoms. The first-order valence-electron chi connectivity index (χ1n) is 9.36. The van der Waals surface area contributed by atoms with Crippen LogP contribution in [0.15, 0.2) is 60.4 Å². The van der Waals surface area contributed by atoms with Crippen molar-refractivity contribution in [3.05, 3.63) is 71.1 Å². The van der Waals surface area contributed by atoms with Crippen LogP contribution in [0, 0.1) is 0 Å². The van der Waals surface area contributed by atoms with Crippen LogP contribution in [0.5, 0.6) is 0 Å². The molecule has 27 heavy (non-hydrogen) atoms. The molecule has 0 unspecified atom stereocenters. The second kappa shape index (κ2) is 7.21. The number of piperidine rings is 1. The summed E-state index contributed by atoms with van der Waals surface area (Å²) in [5, 5.41) is 6.97. The zero-order valence-electron chi connectivity index (χ0n) is 15.0. The summed E-state index contributed by atoms with van der Waals surface area (Å²) in [6, 6.07) is 12.5. The molecule has 6 heteroatoms. The lowest BCUT2D eigenvalue weighted by molar-refractivity contribution is 0.198. The van der Waals surface area contributed by atoms with Crippen LogP contribution in [-0.4, -0.2) is 37.6 Å². The van der Waals surface area contributed by atoms with Gasteiger partial charge in [-0.1, -0.05) is 12.1 Å². The average Bonchev–Trinajstić information content (AvgIpc) is 3.38. The number of likely N-dealkylation sites (tertiary alicyclic amines) is 1. The predicted molar refractivity (Wildman–Crippen MR) is 108 cm³/mol. The van der Waals surface area contributed by atoms with E-state index in [0.717, 1.165) is 48.7 Å². The highest BCUT2D eigenvalue weighted by Gasteiger charge is 2.25. The third-order valence-corrected chi connectivity index (χ3v) is 6.03. The molecule has 136 valence electrons. The smallest absolute Gasteiger partial charge is 0.156 e. The van der Waals surface area contributed by atoms with Gasteiger partial charge in [0.05, 0.1) is 0 Å². The molecule has 0 aromatic carbocycles. The Balaban J connectivity index is 1.38. The maximum Gasteiger partial charge on any atom is 0.156 e. The number of thiophene rings is 1. The molecule has 0 amide bonds. The van der Waals surface area contributed by atoms with Crippen LogP contribution in [0.2, 0.25) is 0 Å². The second-order valence-corrected chi connectivity index (χ2v) is 8.12. The van der Waals surface area contributed by atoms with Crippen molar-refractivity contribution < 1.29 is 0 Å². The van der Waals surface area contributed by atoms with E-state index in [1.165, 1.54) is 11.3 Å². The van der Waals surface area contributed by atoms with Crippen molar-refractivity contribution in [1.82, 2.24) is 24.5 Å². The minimum atomic E-state index is 0.403. The van der Waals surface area contributed by atoms with Crippen LogP contribution in [0.3, 0.4) is 0 Å². The fourth-order valence-corrected chi connectivity index (χ4v) is 4.56. The summed E-state index contributed by atoms with van der Waals surface area (Å²) in [7, 11) is 0. The van der Waals surface area contributed by atoms with Crippen molar-refractivity contribution in [3.63, 3.8) is 0 Å². The van der Waals surface area contributed by atoms with E-state index in [0.29, 0.717) is 5.92 Å². The highest BCUT2D eigenvalue weighted by Crippen LogP contribution is 2.27. The standard InChI is InChI=1S/C21H21N5S/c1-4-16(12-22-9-1)17-7-8-20-23-21(24-26(20)14-17)18-5-2-10-25(13-18)15-19-6-3-11-27-19/h1,3-4,6-9,11-12,14,18H,2,5,10,13,15H2/t18-/m0/s1. The van der Waals surface area contributed by atoms with E-state index in [4.69, 9.17) is 10.1 Å². The normalized spacial score (nSPS) is 18.1. The van der Waals surface area contributed by atoms with Crippen molar-refractivity contribution in [2.24, 2.45) is 0 Å². The lowest BCUT2D eigenvalue weighted by atomic mass is 9.97. The molecular weight excluding hydrogens is 354 g/mol. The molecule has 0 N–H and O–H groups in total. The molecule has 0 saturated carbocycles. The number of pyridine rings is 2. The summed E-state index contributed by atoms with van der Waals surface area (Å²) in [5.74, 6) is 1.37. The average molecular weight is 376 g/mol. The zero-order chi connectivity index (χ0) is 18.1. The zero-order valence-corrected chi connectivity index (χ0v) is 15.8. The Bertz CT molecular complexity index is 1030. The van der Waals surface area contributed by atoms with Crippen molar-refractivity contribution in [1.29, 1.82) is 0 Å². The Kier molecular flexibility index (Phi) is 4.43. The Hall–Kier alpha value is -2.57. The largest absolute Gasteiger partial charge is 0.298 e. The molecule has 1 atom stereocenters. The van der Waals surface area contributed by atoms with Gasteiger partial charge in [-0.15, -0.1) is 11.3 Å². The predicted octanol–water partition coefficient (Wildman–Crippen LogP) is 4.23. The first kappa shape index (κ1) is 16.6. The van der Waals surface area contributed by atoms with Crippen LogP contribution in [0.1, 0.15) is 29.5 Å². The van der Waals surface area contributed by atoms with Crippen molar-refractivity contribution in [2.45, 2.75) is 25.3 Å². The van der Waals surface area contributed by atoms with E-state index < -0.39 is 0 Å². The van der Waals surface area contributed by atoms with E-state index in [1.54, 1.807) is 6.20 Å². The Morgan fingerprint density at radius 2 is 2.11 bits per heavy atom. The van der Waals surface area contributed by atoms with Crippen molar-refractivity contribution in [3.8, 4) is 11.1 Å². The quantitative estimate of drug-likeness (QED) is 0.535. The summed E-state index contributed by atoms with van der Waals surface area (Å²) in [4.78, 5) is 13.0. The molecule has 1 fully saturated rings. The fraction of sp³-hybridized carbons (Fsp3) is 0.286. The number of nitrogens with zero attached hydrogens (tertiary/aromatic N) is 5. The maximum absolute atomic E-state index is 4.82. The number of rotatable bonds is 4. The van der Waals surface area contributed by atoms with Gasteiger partial charge in [0.15, 0.2) is 11.5 Å². The van der Waals surface area contributed by atoms with Gasteiger partial charge >= 0.3 is 0 Å². The molecule has 0 radical (unpaired) electrons. The molecule has 5 heterocycles. The van der Waals surface area contributed by atoms with Crippen LogP contribution in [-0.2, 0) is 6.54 Å². The molecular formula is C21H21N5S. The van der Waals surface area contributed by atoms with Gasteiger partial charge in [0.2, 0.25) is 0 Å². The van der Waals surface area contributed by atoms with Crippen LogP contribution >= 0.6 is 11.3 Å². The van der Waals surface area contributed by atoms with E-state index >= 15 is 0 Å². The Morgan fingerprint density at radius 3 is 2.96 bits per heavy atom. The van der Waals surface area contributed by atoms with E-state index in [-0.39, 0.29) is 0 Å². The molecule has 1 saturated heterocycles. The third kappa shape index (κ3) is 3.50. The molecule has 0 spiro atoms. The summed E-state index contributed by atoms with van der Waals surface area (Å²) in [6.45, 7) is 3.23. The minimum absolute atomic E-state index is 0.403. The van der Waals surface area contributed by atoms with E-state index in [1.807, 2.05) is 34.2 Å². The lowest BCUT2D eigenvalue weighted by Crippen LogP contribution is -2.34. The van der Waals surface area contributed by atoms with Crippen LogP contribution in [0.25, 0.3) is 16.8 Å². The van der Waals surface area contributed by atoms with E-state index in [2.05, 4.69) is 45.7 Å². The second-order valence-electron chi connectivity index (χ2n) is 7.09. The maximum atomic E-state index is 4.82. The van der Waals surface area contributed by atoms with Crippen molar-refractivity contribution >= 4 is 17.0 Å². The molecule has 1 aliphatic rings. The SMILES string of the molecule is c1cncc(-c2ccc3nc([C@H]4CCCN(Cc5cccs5)C4)nn3c2)c1. The van der Waals surface area contributed by atoms with Gasteiger partial charge in [-0.25, -0.2) is 9.50 Å². The van der Waals surface area contributed by atoms with E-state index in [9.17, 15) is 0 Å². The highest BCUT2D eigenvalue weighted by molar-refractivity contribution is 7.09. The van der Waals surface area contributed by atoms with Gasteiger partial charge in [-0.05, 0) is 49.0 Å². The summed E-state index contributed by atoms with van der Waals surface area (Å²) in [6.07, 6.45) is 8.08. The summed E-state index contributed by atoms with van der Waals surface area (Å²) >= 11 is 1.83. The van der Waals surface area contributed by atoms with Gasteiger partial charge in [0.25, 0.3) is 0 Å². The number of aromatic nitrogens is 4. The summed E-state index contributed by atoms with van der Waals surface area (Å²) in [5.41, 5.74) is 3.11. The van der Waals surface area contributed by atoms with Crippen LogP contribution < -0.4 is 0 Å². The van der Waals surface area contributed by atoms with Gasteiger partial charge in [-0.2, -0.15) is 5.10 Å². The third-order valence-electron chi connectivity index (χ3n) is 5.17. The topological polar surface area (TPSA) is 46.3 Å². The van der Waals surface area contributed by atoms with Gasteiger partial charge in [-0.3, -0.25) is 9.88 Å². The molecule has 5 nitrogen and oxygen atoms in total. The van der Waals surface area contributed by atoms with Gasteiger partial charge in [0.1, 0.15) is 0 Å². The number of fused-ring (bicyclic) bond motifs is 1. The van der Waals surface area contributed by atoms with Gasteiger partial charge < -0.3 is 0 Å². The molecule has 4 aromatic heterocycles. The monoisotopic (exact) mass is 375 g/mol.